The van der Waals surface area contributed by atoms with Gasteiger partial charge in [0.15, 0.2) is 0 Å². The fraction of sp³-hybridized carbons (Fsp3) is 0.652. The molecule has 2 fully saturated rings. The first-order valence-electron chi connectivity index (χ1n) is 10.9. The van der Waals surface area contributed by atoms with E-state index >= 15 is 0 Å². The Morgan fingerprint density at radius 1 is 1.04 bits per heavy atom. The van der Waals surface area contributed by atoms with E-state index in [0.717, 1.165) is 64.2 Å². The van der Waals surface area contributed by atoms with E-state index in [9.17, 15) is 9.59 Å². The van der Waals surface area contributed by atoms with Crippen LogP contribution in [0.3, 0.4) is 0 Å². The van der Waals surface area contributed by atoms with Crippen molar-refractivity contribution in [1.29, 1.82) is 0 Å². The van der Waals surface area contributed by atoms with Crippen LogP contribution in [-0.2, 0) is 4.79 Å². The number of benzene rings is 1. The zero-order chi connectivity index (χ0) is 20.0. The molecule has 0 aliphatic carbocycles. The van der Waals surface area contributed by atoms with E-state index in [-0.39, 0.29) is 23.9 Å². The first-order chi connectivity index (χ1) is 13.5. The average molecular weight is 386 g/mol. The Labute approximate surface area is 169 Å². The quantitative estimate of drug-likeness (QED) is 0.817. The van der Waals surface area contributed by atoms with E-state index < -0.39 is 0 Å². The maximum atomic E-state index is 13.0. The molecule has 1 unspecified atom stereocenters. The molecule has 0 radical (unpaired) electrons. The molecule has 3 rings (SSSR count). The summed E-state index contributed by atoms with van der Waals surface area (Å²) in [7, 11) is 0. The van der Waals surface area contributed by atoms with Gasteiger partial charge in [0, 0.05) is 24.2 Å². The van der Waals surface area contributed by atoms with E-state index in [1.807, 2.05) is 18.2 Å². The van der Waals surface area contributed by atoms with E-state index in [4.69, 9.17) is 0 Å². The van der Waals surface area contributed by atoms with Crippen LogP contribution in [0.4, 0.5) is 0 Å². The van der Waals surface area contributed by atoms with E-state index in [0.29, 0.717) is 5.56 Å². The van der Waals surface area contributed by atoms with E-state index in [2.05, 4.69) is 29.0 Å². The lowest BCUT2D eigenvalue weighted by molar-refractivity contribution is -0.134. The Morgan fingerprint density at radius 3 is 2.46 bits per heavy atom. The topological polar surface area (TPSA) is 52.6 Å². The van der Waals surface area contributed by atoms with Gasteiger partial charge in [0.05, 0.1) is 6.54 Å². The summed E-state index contributed by atoms with van der Waals surface area (Å²) >= 11 is 0. The zero-order valence-electron chi connectivity index (χ0n) is 17.5. The lowest BCUT2D eigenvalue weighted by Gasteiger charge is -2.38. The normalized spacial score (nSPS) is 23.2. The highest BCUT2D eigenvalue weighted by molar-refractivity contribution is 5.96. The molecule has 2 aliphatic rings. The molecule has 0 saturated carbocycles. The number of amides is 2. The van der Waals surface area contributed by atoms with Crippen LogP contribution < -0.4 is 5.32 Å². The maximum Gasteiger partial charge on any atom is 0.251 e. The van der Waals surface area contributed by atoms with E-state index in [1.54, 1.807) is 12.1 Å². The Hall–Kier alpha value is -1.88. The number of nitrogens with zero attached hydrogens (tertiary/aromatic N) is 2. The highest BCUT2D eigenvalue weighted by atomic mass is 16.2. The van der Waals surface area contributed by atoms with Gasteiger partial charge in [0.25, 0.3) is 5.91 Å². The third-order valence-corrected chi connectivity index (χ3v) is 6.37. The number of nitrogens with one attached hydrogen (secondary N) is 1. The van der Waals surface area contributed by atoms with Gasteiger partial charge in [0.1, 0.15) is 0 Å². The van der Waals surface area contributed by atoms with Crippen LogP contribution in [0, 0.1) is 5.92 Å². The minimum atomic E-state index is -0.178. The molecule has 1 atom stereocenters. The summed E-state index contributed by atoms with van der Waals surface area (Å²) in [6.07, 6.45) is 6.71. The van der Waals surface area contributed by atoms with Crippen molar-refractivity contribution in [3.8, 4) is 0 Å². The lowest BCUT2D eigenvalue weighted by atomic mass is 9.87. The molecule has 1 N–H and O–H groups in total. The summed E-state index contributed by atoms with van der Waals surface area (Å²) in [6.45, 7) is 8.85. The van der Waals surface area contributed by atoms with Crippen molar-refractivity contribution in [2.45, 2.75) is 57.9 Å². The van der Waals surface area contributed by atoms with Crippen molar-refractivity contribution >= 4 is 11.8 Å². The van der Waals surface area contributed by atoms with Gasteiger partial charge in [-0.15, -0.1) is 0 Å². The molecule has 0 aromatic heterocycles. The van der Waals surface area contributed by atoms with Gasteiger partial charge in [0.2, 0.25) is 5.91 Å². The monoisotopic (exact) mass is 385 g/mol. The molecule has 1 aromatic carbocycles. The molecular weight excluding hydrogens is 350 g/mol. The van der Waals surface area contributed by atoms with Crippen molar-refractivity contribution in [1.82, 2.24) is 15.1 Å². The van der Waals surface area contributed by atoms with Crippen molar-refractivity contribution < 1.29 is 9.59 Å². The van der Waals surface area contributed by atoms with Crippen LogP contribution in [0.25, 0.3) is 0 Å². The number of hydrogen-bond donors (Lipinski definition) is 1. The van der Waals surface area contributed by atoms with Gasteiger partial charge in [-0.2, -0.15) is 0 Å². The zero-order valence-corrected chi connectivity index (χ0v) is 17.5. The number of carbonyl (C=O) groups is 2. The van der Waals surface area contributed by atoms with Crippen molar-refractivity contribution in [3.05, 3.63) is 35.9 Å². The summed E-state index contributed by atoms with van der Waals surface area (Å²) in [6, 6.07) is 9.10. The molecule has 2 aliphatic heterocycles. The molecule has 2 amide bonds. The number of rotatable bonds is 6. The third kappa shape index (κ3) is 5.13. The Bertz CT molecular complexity index is 661. The molecule has 5 heteroatoms. The van der Waals surface area contributed by atoms with Gasteiger partial charge < -0.3 is 15.1 Å². The summed E-state index contributed by atoms with van der Waals surface area (Å²) < 4.78 is 0. The van der Waals surface area contributed by atoms with Gasteiger partial charge in [-0.25, -0.2) is 0 Å². The van der Waals surface area contributed by atoms with Gasteiger partial charge in [-0.3, -0.25) is 9.59 Å². The van der Waals surface area contributed by atoms with Crippen LogP contribution in [-0.4, -0.2) is 59.9 Å². The lowest BCUT2D eigenvalue weighted by Crippen LogP contribution is -2.51. The second-order valence-electron chi connectivity index (χ2n) is 8.80. The SMILES string of the molecule is CC(C)CCN1CCCC2(CCCN2C(=O)CNC(=O)c2ccccc2)CC1. The Morgan fingerprint density at radius 2 is 1.75 bits per heavy atom. The van der Waals surface area contributed by atoms with Crippen molar-refractivity contribution in [2.75, 3.05) is 32.7 Å². The first-order valence-corrected chi connectivity index (χ1v) is 10.9. The second kappa shape index (κ2) is 9.55. The van der Waals surface area contributed by atoms with Crippen molar-refractivity contribution in [3.63, 3.8) is 0 Å². The van der Waals surface area contributed by atoms with Crippen LogP contribution >= 0.6 is 0 Å². The summed E-state index contributed by atoms with van der Waals surface area (Å²) in [5.74, 6) is 0.621. The third-order valence-electron chi connectivity index (χ3n) is 6.37. The van der Waals surface area contributed by atoms with Crippen LogP contribution in [0.2, 0.25) is 0 Å². The standard InChI is InChI=1S/C23H35N3O2/c1-19(2)10-16-25-14-6-11-23(13-17-25)12-7-15-26(23)21(27)18-24-22(28)20-8-4-3-5-9-20/h3-5,8-9,19H,6-7,10-18H2,1-2H3,(H,24,28). The van der Waals surface area contributed by atoms with Gasteiger partial charge in [-0.05, 0) is 69.7 Å². The van der Waals surface area contributed by atoms with Crippen LogP contribution in [0.15, 0.2) is 30.3 Å². The highest BCUT2D eigenvalue weighted by Crippen LogP contribution is 2.38. The summed E-state index contributed by atoms with van der Waals surface area (Å²) in [4.78, 5) is 29.9. The largest absolute Gasteiger partial charge is 0.343 e. The second-order valence-corrected chi connectivity index (χ2v) is 8.80. The number of carbonyl (C=O) groups excluding carboxylic acids is 2. The number of likely N-dealkylation sites (tertiary alicyclic amines) is 2. The van der Waals surface area contributed by atoms with E-state index in [1.165, 1.54) is 6.42 Å². The molecule has 0 bridgehead atoms. The molecule has 2 saturated heterocycles. The molecule has 1 spiro atoms. The minimum absolute atomic E-state index is 0.00113. The van der Waals surface area contributed by atoms with Crippen LogP contribution in [0.5, 0.6) is 0 Å². The van der Waals surface area contributed by atoms with Gasteiger partial charge >= 0.3 is 0 Å². The average Bonchev–Trinajstić information content (AvgIpc) is 3.00. The van der Waals surface area contributed by atoms with Crippen LogP contribution in [0.1, 0.15) is 62.7 Å². The molecule has 5 nitrogen and oxygen atoms in total. The molecule has 28 heavy (non-hydrogen) atoms. The highest BCUT2D eigenvalue weighted by Gasteiger charge is 2.43. The summed E-state index contributed by atoms with van der Waals surface area (Å²) in [5.41, 5.74) is 0.600. The Kier molecular flexibility index (Phi) is 7.11. The molecule has 1 aromatic rings. The predicted octanol–water partition coefficient (Wildman–Crippen LogP) is 3.31. The molecule has 154 valence electrons. The van der Waals surface area contributed by atoms with Gasteiger partial charge in [-0.1, -0.05) is 32.0 Å². The Balaban J connectivity index is 1.56. The first kappa shape index (κ1) is 20.8. The predicted molar refractivity (Wildman–Crippen MR) is 112 cm³/mol. The molecular formula is C23H35N3O2. The minimum Gasteiger partial charge on any atom is -0.343 e. The fourth-order valence-electron chi connectivity index (χ4n) is 4.69. The maximum absolute atomic E-state index is 13.0. The summed E-state index contributed by atoms with van der Waals surface area (Å²) in [5, 5.41) is 2.81. The fourth-order valence-corrected chi connectivity index (χ4v) is 4.69. The van der Waals surface area contributed by atoms with Crippen molar-refractivity contribution in [2.24, 2.45) is 5.92 Å². The number of hydrogen-bond acceptors (Lipinski definition) is 3. The smallest absolute Gasteiger partial charge is 0.251 e. The molecule has 2 heterocycles.